The standard InChI is InChI=1S/C31H34FN3O4/c1-20-7-13-25(32)16-27(20)26-14-12-23(15-24(26)19-37-6)30-33-29(34-39-30)22-10-8-21(9-11-22)17-35(5)18-28(36)38-31(2,3)4/h7-16H,17-19H2,1-6H3. The van der Waals surface area contributed by atoms with Crippen molar-refractivity contribution in [1.82, 2.24) is 15.0 Å². The van der Waals surface area contributed by atoms with Crippen molar-refractivity contribution in [3.63, 3.8) is 0 Å². The molecule has 1 heterocycles. The highest BCUT2D eigenvalue weighted by atomic mass is 19.1. The van der Waals surface area contributed by atoms with Crippen LogP contribution in [0.2, 0.25) is 0 Å². The highest BCUT2D eigenvalue weighted by molar-refractivity contribution is 5.74. The monoisotopic (exact) mass is 531 g/mol. The summed E-state index contributed by atoms with van der Waals surface area (Å²) in [5.74, 6) is 0.307. The van der Waals surface area contributed by atoms with Crippen LogP contribution in [0.15, 0.2) is 65.2 Å². The Kier molecular flexibility index (Phi) is 8.57. The largest absolute Gasteiger partial charge is 0.459 e. The van der Waals surface area contributed by atoms with Crippen molar-refractivity contribution >= 4 is 5.97 Å². The number of aryl methyl sites for hydroxylation is 1. The van der Waals surface area contributed by atoms with Gasteiger partial charge in [-0.3, -0.25) is 9.69 Å². The summed E-state index contributed by atoms with van der Waals surface area (Å²) >= 11 is 0. The lowest BCUT2D eigenvalue weighted by Gasteiger charge is -2.22. The zero-order chi connectivity index (χ0) is 28.2. The number of rotatable bonds is 9. The SMILES string of the molecule is COCc1cc(-c2nc(-c3ccc(CN(C)CC(=O)OC(C)(C)C)cc3)no2)ccc1-c1cc(F)ccc1C. The third-order valence-corrected chi connectivity index (χ3v) is 6.05. The van der Waals surface area contributed by atoms with Gasteiger partial charge in [-0.15, -0.1) is 0 Å². The number of methoxy groups -OCH3 is 1. The van der Waals surface area contributed by atoms with E-state index in [1.165, 1.54) is 12.1 Å². The molecule has 3 aromatic carbocycles. The minimum absolute atomic E-state index is 0.204. The molecule has 4 rings (SSSR count). The van der Waals surface area contributed by atoms with Crippen LogP contribution in [0.4, 0.5) is 4.39 Å². The molecule has 8 heteroatoms. The van der Waals surface area contributed by atoms with Crippen molar-refractivity contribution < 1.29 is 23.2 Å². The molecule has 4 aromatic rings. The molecule has 1 aromatic heterocycles. The van der Waals surface area contributed by atoms with Gasteiger partial charge < -0.3 is 14.0 Å². The highest BCUT2D eigenvalue weighted by Gasteiger charge is 2.18. The summed E-state index contributed by atoms with van der Waals surface area (Å²) in [5, 5.41) is 4.17. The number of carbonyl (C=O) groups excluding carboxylic acids is 1. The molecule has 0 bridgehead atoms. The van der Waals surface area contributed by atoms with Crippen LogP contribution in [0.25, 0.3) is 34.0 Å². The van der Waals surface area contributed by atoms with Gasteiger partial charge in [0.2, 0.25) is 5.82 Å². The molecule has 0 saturated heterocycles. The summed E-state index contributed by atoms with van der Waals surface area (Å²) in [6, 6.07) is 18.3. The first kappa shape index (κ1) is 28.1. The first-order valence-electron chi connectivity index (χ1n) is 12.7. The first-order valence-corrected chi connectivity index (χ1v) is 12.7. The minimum Gasteiger partial charge on any atom is -0.459 e. The van der Waals surface area contributed by atoms with E-state index in [1.807, 2.05) is 82.1 Å². The lowest BCUT2D eigenvalue weighted by molar-refractivity contribution is -0.155. The van der Waals surface area contributed by atoms with Crippen LogP contribution in [0, 0.1) is 12.7 Å². The topological polar surface area (TPSA) is 77.7 Å². The predicted octanol–water partition coefficient (Wildman–Crippen LogP) is 6.44. The number of halogens is 1. The third-order valence-electron chi connectivity index (χ3n) is 6.05. The van der Waals surface area contributed by atoms with E-state index in [9.17, 15) is 9.18 Å². The van der Waals surface area contributed by atoms with Crippen LogP contribution in [-0.2, 0) is 27.4 Å². The van der Waals surface area contributed by atoms with Crippen molar-refractivity contribution in [3.05, 3.63) is 83.2 Å². The number of carbonyl (C=O) groups is 1. The summed E-state index contributed by atoms with van der Waals surface area (Å²) in [5.41, 5.74) is 5.68. The molecule has 0 saturated carbocycles. The van der Waals surface area contributed by atoms with Crippen molar-refractivity contribution in [2.45, 2.75) is 46.4 Å². The lowest BCUT2D eigenvalue weighted by atomic mass is 9.94. The van der Waals surface area contributed by atoms with Crippen LogP contribution in [-0.4, -0.2) is 47.3 Å². The number of hydrogen-bond acceptors (Lipinski definition) is 7. The van der Waals surface area contributed by atoms with E-state index in [0.717, 1.165) is 38.9 Å². The summed E-state index contributed by atoms with van der Waals surface area (Å²) in [7, 11) is 3.50. The van der Waals surface area contributed by atoms with Gasteiger partial charge in [0.15, 0.2) is 0 Å². The van der Waals surface area contributed by atoms with E-state index >= 15 is 0 Å². The molecular formula is C31H34FN3O4. The second kappa shape index (κ2) is 11.9. The first-order chi connectivity index (χ1) is 18.5. The predicted molar refractivity (Wildman–Crippen MR) is 148 cm³/mol. The number of hydrogen-bond donors (Lipinski definition) is 0. The maximum Gasteiger partial charge on any atom is 0.320 e. The molecule has 0 N–H and O–H groups in total. The molecule has 0 spiro atoms. The molecular weight excluding hydrogens is 497 g/mol. The molecule has 0 aliphatic rings. The Morgan fingerprint density at radius 3 is 2.41 bits per heavy atom. The number of likely N-dealkylation sites (N-methyl/N-ethyl adjacent to an activating group) is 1. The average Bonchev–Trinajstić information content (AvgIpc) is 3.35. The van der Waals surface area contributed by atoms with Gasteiger partial charge in [-0.05, 0) is 86.8 Å². The van der Waals surface area contributed by atoms with Crippen molar-refractivity contribution in [2.24, 2.45) is 0 Å². The smallest absolute Gasteiger partial charge is 0.320 e. The van der Waals surface area contributed by atoms with E-state index in [4.69, 9.17) is 14.0 Å². The van der Waals surface area contributed by atoms with Gasteiger partial charge in [0.1, 0.15) is 11.4 Å². The zero-order valence-corrected chi connectivity index (χ0v) is 23.2. The van der Waals surface area contributed by atoms with E-state index < -0.39 is 5.60 Å². The van der Waals surface area contributed by atoms with E-state index in [-0.39, 0.29) is 18.3 Å². The maximum absolute atomic E-state index is 14.0. The van der Waals surface area contributed by atoms with Gasteiger partial charge in [0.05, 0.1) is 13.2 Å². The molecule has 0 amide bonds. The summed E-state index contributed by atoms with van der Waals surface area (Å²) < 4.78 is 30.4. The quantitative estimate of drug-likeness (QED) is 0.230. The molecule has 7 nitrogen and oxygen atoms in total. The van der Waals surface area contributed by atoms with Crippen LogP contribution in [0.1, 0.15) is 37.5 Å². The van der Waals surface area contributed by atoms with Crippen molar-refractivity contribution in [2.75, 3.05) is 20.7 Å². The second-order valence-electron chi connectivity index (χ2n) is 10.6. The molecule has 0 radical (unpaired) electrons. The van der Waals surface area contributed by atoms with Crippen molar-refractivity contribution in [1.29, 1.82) is 0 Å². The molecule has 204 valence electrons. The molecule has 0 unspecified atom stereocenters. The number of esters is 1. The average molecular weight is 532 g/mol. The Bertz CT molecular complexity index is 1440. The number of aromatic nitrogens is 2. The van der Waals surface area contributed by atoms with Gasteiger partial charge in [0, 0.05) is 24.8 Å². The summed E-state index contributed by atoms with van der Waals surface area (Å²) in [4.78, 5) is 18.6. The summed E-state index contributed by atoms with van der Waals surface area (Å²) in [6.07, 6.45) is 0. The Hall–Kier alpha value is -3.88. The van der Waals surface area contributed by atoms with Crippen LogP contribution >= 0.6 is 0 Å². The van der Waals surface area contributed by atoms with E-state index in [2.05, 4.69) is 10.1 Å². The lowest BCUT2D eigenvalue weighted by Crippen LogP contribution is -2.32. The molecule has 0 aliphatic carbocycles. The Balaban J connectivity index is 1.49. The molecule has 0 fully saturated rings. The number of benzene rings is 3. The molecule has 39 heavy (non-hydrogen) atoms. The fourth-order valence-corrected chi connectivity index (χ4v) is 4.33. The number of nitrogens with zero attached hydrogens (tertiary/aromatic N) is 3. The normalized spacial score (nSPS) is 11.7. The van der Waals surface area contributed by atoms with Gasteiger partial charge in [0.25, 0.3) is 5.89 Å². The van der Waals surface area contributed by atoms with E-state index in [0.29, 0.717) is 24.9 Å². The fourth-order valence-electron chi connectivity index (χ4n) is 4.33. The van der Waals surface area contributed by atoms with Crippen LogP contribution < -0.4 is 0 Å². The highest BCUT2D eigenvalue weighted by Crippen LogP contribution is 2.32. The maximum atomic E-state index is 14.0. The van der Waals surface area contributed by atoms with Gasteiger partial charge in [-0.1, -0.05) is 41.6 Å². The Labute approximate surface area is 228 Å². The fraction of sp³-hybridized carbons (Fsp3) is 0.323. The Morgan fingerprint density at radius 2 is 1.72 bits per heavy atom. The molecule has 0 aliphatic heterocycles. The van der Waals surface area contributed by atoms with E-state index in [1.54, 1.807) is 13.2 Å². The second-order valence-corrected chi connectivity index (χ2v) is 10.6. The van der Waals surface area contributed by atoms with Crippen molar-refractivity contribution in [3.8, 4) is 34.0 Å². The van der Waals surface area contributed by atoms with Gasteiger partial charge in [-0.25, -0.2) is 4.39 Å². The van der Waals surface area contributed by atoms with Crippen LogP contribution in [0.5, 0.6) is 0 Å². The number of ether oxygens (including phenoxy) is 2. The third kappa shape index (κ3) is 7.37. The van der Waals surface area contributed by atoms with Crippen LogP contribution in [0.3, 0.4) is 0 Å². The Morgan fingerprint density at radius 1 is 1.00 bits per heavy atom. The van der Waals surface area contributed by atoms with Gasteiger partial charge in [-0.2, -0.15) is 4.98 Å². The zero-order valence-electron chi connectivity index (χ0n) is 23.2. The minimum atomic E-state index is -0.503. The molecule has 0 atom stereocenters. The summed E-state index contributed by atoms with van der Waals surface area (Å²) in [6.45, 7) is 8.67. The van der Waals surface area contributed by atoms with Gasteiger partial charge >= 0.3 is 5.97 Å².